The van der Waals surface area contributed by atoms with Crippen LogP contribution in [0.2, 0.25) is 0 Å². The summed E-state index contributed by atoms with van der Waals surface area (Å²) in [5.74, 6) is 0.193. The first-order chi connectivity index (χ1) is 6.54. The molecule has 0 heterocycles. The summed E-state index contributed by atoms with van der Waals surface area (Å²) in [6.45, 7) is 7.71. The molecule has 0 bridgehead atoms. The Morgan fingerprint density at radius 2 is 2.07 bits per heavy atom. The molecule has 0 fully saturated rings. The van der Waals surface area contributed by atoms with Crippen molar-refractivity contribution in [2.75, 3.05) is 26.8 Å². The van der Waals surface area contributed by atoms with Crippen LogP contribution >= 0.6 is 0 Å². The second-order valence-electron chi connectivity index (χ2n) is 3.68. The lowest BCUT2D eigenvalue weighted by Crippen LogP contribution is -2.47. The van der Waals surface area contributed by atoms with Gasteiger partial charge in [0.25, 0.3) is 0 Å². The maximum absolute atomic E-state index is 11.8. The molecule has 0 aliphatic heterocycles. The van der Waals surface area contributed by atoms with E-state index in [0.717, 1.165) is 0 Å². The van der Waals surface area contributed by atoms with Crippen LogP contribution in [0, 0.1) is 5.92 Å². The molecule has 0 saturated heterocycles. The Balaban J connectivity index is 4.16. The smallest absolute Gasteiger partial charge is 0.239 e. The van der Waals surface area contributed by atoms with Crippen LogP contribution < -0.4 is 5.73 Å². The standard InChI is InChI=1S/C10H22N2O2/c1-5-12(6-7-14-4)10(13)9(11)8(2)3/h8-9H,5-7,11H2,1-4H3. The molecule has 4 heteroatoms. The Kier molecular flexibility index (Phi) is 6.49. The lowest BCUT2D eigenvalue weighted by molar-refractivity contribution is -0.134. The highest BCUT2D eigenvalue weighted by Gasteiger charge is 2.21. The van der Waals surface area contributed by atoms with Crippen molar-refractivity contribution in [2.45, 2.75) is 26.8 Å². The molecule has 1 amide bonds. The van der Waals surface area contributed by atoms with E-state index in [1.807, 2.05) is 20.8 Å². The normalized spacial score (nSPS) is 13.0. The zero-order chi connectivity index (χ0) is 11.1. The predicted molar refractivity (Wildman–Crippen MR) is 56.9 cm³/mol. The van der Waals surface area contributed by atoms with E-state index in [1.54, 1.807) is 12.0 Å². The van der Waals surface area contributed by atoms with Crippen LogP contribution in [0.3, 0.4) is 0 Å². The van der Waals surface area contributed by atoms with Crippen molar-refractivity contribution in [3.8, 4) is 0 Å². The van der Waals surface area contributed by atoms with Gasteiger partial charge in [-0.05, 0) is 12.8 Å². The third-order valence-electron chi connectivity index (χ3n) is 2.26. The Labute approximate surface area is 86.4 Å². The monoisotopic (exact) mass is 202 g/mol. The summed E-state index contributed by atoms with van der Waals surface area (Å²) in [4.78, 5) is 13.5. The number of amides is 1. The fourth-order valence-electron chi connectivity index (χ4n) is 1.12. The zero-order valence-electron chi connectivity index (χ0n) is 9.62. The van der Waals surface area contributed by atoms with E-state index in [1.165, 1.54) is 0 Å². The predicted octanol–water partition coefficient (Wildman–Crippen LogP) is 0.465. The molecule has 0 aliphatic rings. The molecule has 0 spiro atoms. The summed E-state index contributed by atoms with van der Waals surface area (Å²) in [7, 11) is 1.63. The van der Waals surface area contributed by atoms with E-state index >= 15 is 0 Å². The van der Waals surface area contributed by atoms with Gasteiger partial charge in [0.1, 0.15) is 0 Å². The molecule has 4 nitrogen and oxygen atoms in total. The minimum atomic E-state index is -0.396. The van der Waals surface area contributed by atoms with Crippen molar-refractivity contribution in [3.63, 3.8) is 0 Å². The van der Waals surface area contributed by atoms with Gasteiger partial charge in [0.2, 0.25) is 5.91 Å². The van der Waals surface area contributed by atoms with Crippen LogP contribution in [0.25, 0.3) is 0 Å². The summed E-state index contributed by atoms with van der Waals surface area (Å²) >= 11 is 0. The van der Waals surface area contributed by atoms with Gasteiger partial charge in [-0.3, -0.25) is 4.79 Å². The number of nitrogens with two attached hydrogens (primary N) is 1. The molecule has 0 rings (SSSR count). The van der Waals surface area contributed by atoms with Gasteiger partial charge in [0, 0.05) is 20.2 Å². The molecular formula is C10H22N2O2. The van der Waals surface area contributed by atoms with Crippen molar-refractivity contribution in [2.24, 2.45) is 11.7 Å². The molecule has 0 aromatic rings. The number of methoxy groups -OCH3 is 1. The number of carbonyl (C=O) groups excluding carboxylic acids is 1. The Hall–Kier alpha value is -0.610. The van der Waals surface area contributed by atoms with E-state index in [4.69, 9.17) is 10.5 Å². The average molecular weight is 202 g/mol. The fraction of sp³-hybridized carbons (Fsp3) is 0.900. The maximum atomic E-state index is 11.8. The second kappa shape index (κ2) is 6.79. The molecule has 84 valence electrons. The number of hydrogen-bond acceptors (Lipinski definition) is 3. The average Bonchev–Trinajstić information content (AvgIpc) is 2.17. The van der Waals surface area contributed by atoms with Crippen molar-refractivity contribution in [1.29, 1.82) is 0 Å². The molecule has 1 unspecified atom stereocenters. The van der Waals surface area contributed by atoms with Crippen LogP contribution in [-0.2, 0) is 9.53 Å². The van der Waals surface area contributed by atoms with Gasteiger partial charge < -0.3 is 15.4 Å². The molecule has 0 aromatic carbocycles. The van der Waals surface area contributed by atoms with Gasteiger partial charge in [0.05, 0.1) is 12.6 Å². The second-order valence-corrected chi connectivity index (χ2v) is 3.68. The first kappa shape index (κ1) is 13.4. The van der Waals surface area contributed by atoms with Crippen molar-refractivity contribution >= 4 is 5.91 Å². The molecule has 0 saturated carbocycles. The highest BCUT2D eigenvalue weighted by Crippen LogP contribution is 2.03. The first-order valence-electron chi connectivity index (χ1n) is 5.07. The van der Waals surface area contributed by atoms with E-state index in [9.17, 15) is 4.79 Å². The third kappa shape index (κ3) is 4.07. The lowest BCUT2D eigenvalue weighted by Gasteiger charge is -2.25. The van der Waals surface area contributed by atoms with Gasteiger partial charge >= 0.3 is 0 Å². The lowest BCUT2D eigenvalue weighted by atomic mass is 10.0. The topological polar surface area (TPSA) is 55.6 Å². The highest BCUT2D eigenvalue weighted by atomic mass is 16.5. The minimum absolute atomic E-state index is 0.0135. The van der Waals surface area contributed by atoms with Gasteiger partial charge in [-0.25, -0.2) is 0 Å². The fourth-order valence-corrected chi connectivity index (χ4v) is 1.12. The van der Waals surface area contributed by atoms with Crippen LogP contribution in [0.5, 0.6) is 0 Å². The zero-order valence-corrected chi connectivity index (χ0v) is 9.62. The molecule has 2 N–H and O–H groups in total. The SMILES string of the molecule is CCN(CCOC)C(=O)C(N)C(C)C. The number of rotatable bonds is 6. The number of hydrogen-bond donors (Lipinski definition) is 1. The molecule has 0 aromatic heterocycles. The van der Waals surface area contributed by atoms with E-state index in [-0.39, 0.29) is 11.8 Å². The summed E-state index contributed by atoms with van der Waals surface area (Å²) < 4.78 is 4.93. The summed E-state index contributed by atoms with van der Waals surface area (Å²) in [5.41, 5.74) is 5.78. The molecule has 14 heavy (non-hydrogen) atoms. The number of likely N-dealkylation sites (N-methyl/N-ethyl adjacent to an activating group) is 1. The Morgan fingerprint density at radius 1 is 1.50 bits per heavy atom. The molecule has 0 radical (unpaired) electrons. The number of ether oxygens (including phenoxy) is 1. The van der Waals surface area contributed by atoms with Crippen LogP contribution in [-0.4, -0.2) is 43.7 Å². The summed E-state index contributed by atoms with van der Waals surface area (Å²) in [6, 6.07) is -0.396. The van der Waals surface area contributed by atoms with Crippen molar-refractivity contribution in [3.05, 3.63) is 0 Å². The number of nitrogens with zero attached hydrogens (tertiary/aromatic N) is 1. The molecule has 0 aliphatic carbocycles. The van der Waals surface area contributed by atoms with Gasteiger partial charge in [0.15, 0.2) is 0 Å². The third-order valence-corrected chi connectivity index (χ3v) is 2.26. The van der Waals surface area contributed by atoms with Gasteiger partial charge in [-0.15, -0.1) is 0 Å². The minimum Gasteiger partial charge on any atom is -0.383 e. The Morgan fingerprint density at radius 3 is 2.43 bits per heavy atom. The summed E-state index contributed by atoms with van der Waals surface area (Å²) in [5, 5.41) is 0. The van der Waals surface area contributed by atoms with Crippen LogP contribution in [0.4, 0.5) is 0 Å². The van der Waals surface area contributed by atoms with Gasteiger partial charge in [-0.2, -0.15) is 0 Å². The van der Waals surface area contributed by atoms with Crippen LogP contribution in [0.15, 0.2) is 0 Å². The quantitative estimate of drug-likeness (QED) is 0.681. The molecular weight excluding hydrogens is 180 g/mol. The van der Waals surface area contributed by atoms with E-state index < -0.39 is 6.04 Å². The Bertz CT molecular complexity index is 172. The number of carbonyl (C=O) groups is 1. The summed E-state index contributed by atoms with van der Waals surface area (Å²) in [6.07, 6.45) is 0. The maximum Gasteiger partial charge on any atom is 0.239 e. The first-order valence-corrected chi connectivity index (χ1v) is 5.07. The van der Waals surface area contributed by atoms with E-state index in [2.05, 4.69) is 0 Å². The molecule has 1 atom stereocenters. The van der Waals surface area contributed by atoms with E-state index in [0.29, 0.717) is 19.7 Å². The van der Waals surface area contributed by atoms with Gasteiger partial charge in [-0.1, -0.05) is 13.8 Å². The van der Waals surface area contributed by atoms with Crippen molar-refractivity contribution in [1.82, 2.24) is 4.90 Å². The van der Waals surface area contributed by atoms with Crippen molar-refractivity contribution < 1.29 is 9.53 Å². The van der Waals surface area contributed by atoms with Crippen LogP contribution in [0.1, 0.15) is 20.8 Å². The largest absolute Gasteiger partial charge is 0.383 e. The highest BCUT2D eigenvalue weighted by molar-refractivity contribution is 5.81.